The summed E-state index contributed by atoms with van der Waals surface area (Å²) < 4.78 is 7.79. The van der Waals surface area contributed by atoms with Crippen molar-refractivity contribution in [3.05, 3.63) is 23.1 Å². The number of rotatable bonds is 1. The van der Waals surface area contributed by atoms with Crippen molar-refractivity contribution in [3.63, 3.8) is 0 Å². The van der Waals surface area contributed by atoms with E-state index in [1.165, 1.54) is 25.7 Å². The van der Waals surface area contributed by atoms with Gasteiger partial charge in [0.15, 0.2) is 5.65 Å². The summed E-state index contributed by atoms with van der Waals surface area (Å²) in [4.78, 5) is 0. The third kappa shape index (κ3) is 3.96. The largest absolute Gasteiger partial charge is 0.495 e. The highest BCUT2D eigenvalue weighted by Crippen LogP contribution is 2.39. The summed E-state index contributed by atoms with van der Waals surface area (Å²) in [6.07, 6.45) is 9.30. The maximum Gasteiger partial charge on any atom is 0.164 e. The molecule has 3 rings (SSSR count). The number of nitrogens with zero attached hydrogens (tertiary/aromatic N) is 3. The first-order valence-corrected chi connectivity index (χ1v) is 8.26. The molecule has 116 valence electrons. The summed E-state index contributed by atoms with van der Waals surface area (Å²) in [6.45, 7) is 7.19. The van der Waals surface area contributed by atoms with Crippen LogP contribution < -0.4 is 4.74 Å². The van der Waals surface area contributed by atoms with Gasteiger partial charge in [-0.15, -0.1) is 10.2 Å². The van der Waals surface area contributed by atoms with Crippen LogP contribution in [0.25, 0.3) is 5.65 Å². The van der Waals surface area contributed by atoms with Crippen molar-refractivity contribution in [3.8, 4) is 5.75 Å². The van der Waals surface area contributed by atoms with E-state index in [0.717, 1.165) is 21.8 Å². The lowest BCUT2D eigenvalue weighted by molar-refractivity contribution is 0.154. The molecule has 1 fully saturated rings. The molecule has 21 heavy (non-hydrogen) atoms. The highest BCUT2D eigenvalue weighted by Gasteiger charge is 2.27. The van der Waals surface area contributed by atoms with Crippen LogP contribution >= 0.6 is 15.9 Å². The Balaban J connectivity index is 0.000000161. The zero-order chi connectivity index (χ0) is 15.5. The Hall–Kier alpha value is -1.10. The maximum atomic E-state index is 5.09. The Morgan fingerprint density at radius 3 is 2.71 bits per heavy atom. The Morgan fingerprint density at radius 1 is 1.38 bits per heavy atom. The predicted molar refractivity (Wildman–Crippen MR) is 88.7 cm³/mol. The first kappa shape index (κ1) is 16.3. The summed E-state index contributed by atoms with van der Waals surface area (Å²) in [6, 6.07) is 1.82. The lowest BCUT2D eigenvalue weighted by Gasteiger charge is -2.36. The highest BCUT2D eigenvalue weighted by molar-refractivity contribution is 9.10. The topological polar surface area (TPSA) is 39.4 Å². The lowest BCUT2D eigenvalue weighted by atomic mass is 9.70. The van der Waals surface area contributed by atoms with Gasteiger partial charge < -0.3 is 4.74 Å². The quantitative estimate of drug-likeness (QED) is 0.744. The zero-order valence-corrected chi connectivity index (χ0v) is 14.9. The van der Waals surface area contributed by atoms with Gasteiger partial charge in [-0.3, -0.25) is 4.40 Å². The number of methoxy groups -OCH3 is 1. The molecule has 2 aromatic heterocycles. The van der Waals surface area contributed by atoms with Crippen LogP contribution in [0.5, 0.6) is 5.75 Å². The summed E-state index contributed by atoms with van der Waals surface area (Å²) in [5.41, 5.74) is 1.41. The van der Waals surface area contributed by atoms with Crippen molar-refractivity contribution in [2.75, 3.05) is 7.11 Å². The molecule has 0 aliphatic heterocycles. The van der Waals surface area contributed by atoms with E-state index in [0.29, 0.717) is 5.41 Å². The molecule has 2 heterocycles. The number of pyridine rings is 1. The molecule has 1 aliphatic rings. The van der Waals surface area contributed by atoms with Gasteiger partial charge in [0.05, 0.1) is 11.6 Å². The van der Waals surface area contributed by atoms with Gasteiger partial charge in [-0.1, -0.05) is 40.0 Å². The first-order chi connectivity index (χ1) is 9.94. The maximum absolute atomic E-state index is 5.09. The van der Waals surface area contributed by atoms with Crippen molar-refractivity contribution < 1.29 is 4.74 Å². The van der Waals surface area contributed by atoms with Gasteiger partial charge in [0, 0.05) is 12.3 Å². The molecule has 0 bridgehead atoms. The summed E-state index contributed by atoms with van der Waals surface area (Å²) in [5, 5.41) is 7.63. The van der Waals surface area contributed by atoms with E-state index in [4.69, 9.17) is 4.74 Å². The van der Waals surface area contributed by atoms with Crippen LogP contribution in [0.2, 0.25) is 0 Å². The molecule has 0 saturated heterocycles. The SMILES string of the molecule is COc1cc2nncn2cc1Br.C[C@H]1CCCCC1(C)C. The van der Waals surface area contributed by atoms with E-state index in [1.54, 1.807) is 13.4 Å². The Labute approximate surface area is 135 Å². The van der Waals surface area contributed by atoms with Crippen molar-refractivity contribution in [1.29, 1.82) is 0 Å². The second kappa shape index (κ2) is 6.77. The highest BCUT2D eigenvalue weighted by atomic mass is 79.9. The van der Waals surface area contributed by atoms with Gasteiger partial charge in [-0.2, -0.15) is 0 Å². The van der Waals surface area contributed by atoms with Crippen LogP contribution in [0.1, 0.15) is 46.5 Å². The van der Waals surface area contributed by atoms with E-state index in [-0.39, 0.29) is 0 Å². The standard InChI is InChI=1S/C9H18.C7H6BrN3O/c1-8-6-4-5-7-9(8,2)3;1-12-6-2-7-10-9-4-11(7)3-5(6)8/h8H,4-7H2,1-3H3;2-4H,1H3/t8-;/m0./s1. The lowest BCUT2D eigenvalue weighted by Crippen LogP contribution is -2.24. The van der Waals surface area contributed by atoms with E-state index < -0.39 is 0 Å². The van der Waals surface area contributed by atoms with E-state index in [2.05, 4.69) is 46.9 Å². The van der Waals surface area contributed by atoms with Crippen molar-refractivity contribution >= 4 is 21.6 Å². The van der Waals surface area contributed by atoms with Crippen LogP contribution in [-0.4, -0.2) is 21.7 Å². The number of ether oxygens (including phenoxy) is 1. The molecule has 0 amide bonds. The molecule has 2 aromatic rings. The fourth-order valence-corrected chi connectivity index (χ4v) is 3.15. The average molecular weight is 354 g/mol. The average Bonchev–Trinajstić information content (AvgIpc) is 2.89. The van der Waals surface area contributed by atoms with Crippen molar-refractivity contribution in [1.82, 2.24) is 14.6 Å². The second-order valence-corrected chi connectivity index (χ2v) is 7.28. The van der Waals surface area contributed by atoms with Crippen molar-refractivity contribution in [2.24, 2.45) is 11.3 Å². The fourth-order valence-electron chi connectivity index (χ4n) is 2.65. The third-order valence-electron chi connectivity index (χ3n) is 4.61. The number of aromatic nitrogens is 3. The molecule has 1 saturated carbocycles. The fraction of sp³-hybridized carbons (Fsp3) is 0.625. The van der Waals surface area contributed by atoms with Gasteiger partial charge in [-0.05, 0) is 33.7 Å². The molecule has 0 aromatic carbocycles. The second-order valence-electron chi connectivity index (χ2n) is 6.42. The van der Waals surface area contributed by atoms with E-state index in [9.17, 15) is 0 Å². The number of fused-ring (bicyclic) bond motifs is 1. The van der Waals surface area contributed by atoms with Crippen LogP contribution in [0.15, 0.2) is 23.1 Å². The summed E-state index contributed by atoms with van der Waals surface area (Å²) in [7, 11) is 1.62. The minimum atomic E-state index is 0.637. The van der Waals surface area contributed by atoms with Crippen LogP contribution in [0.4, 0.5) is 0 Å². The van der Waals surface area contributed by atoms with Gasteiger partial charge >= 0.3 is 0 Å². The minimum Gasteiger partial charge on any atom is -0.495 e. The normalized spacial score (nSPS) is 20.7. The Bertz CT molecular complexity index is 594. The van der Waals surface area contributed by atoms with Gasteiger partial charge in [-0.25, -0.2) is 0 Å². The molecule has 0 N–H and O–H groups in total. The van der Waals surface area contributed by atoms with Crippen LogP contribution in [0.3, 0.4) is 0 Å². The first-order valence-electron chi connectivity index (χ1n) is 7.47. The van der Waals surface area contributed by atoms with Crippen LogP contribution in [0, 0.1) is 11.3 Å². The predicted octanol–water partition coefficient (Wildman–Crippen LogP) is 4.72. The molecule has 0 unspecified atom stereocenters. The van der Waals surface area contributed by atoms with Crippen LogP contribution in [-0.2, 0) is 0 Å². The van der Waals surface area contributed by atoms with Gasteiger partial charge in [0.2, 0.25) is 0 Å². The Morgan fingerprint density at radius 2 is 2.14 bits per heavy atom. The summed E-state index contributed by atoms with van der Waals surface area (Å²) >= 11 is 3.36. The summed E-state index contributed by atoms with van der Waals surface area (Å²) in [5.74, 6) is 1.71. The third-order valence-corrected chi connectivity index (χ3v) is 5.21. The number of hydrogen-bond donors (Lipinski definition) is 0. The van der Waals surface area contributed by atoms with Crippen molar-refractivity contribution in [2.45, 2.75) is 46.5 Å². The molecular formula is C16H24BrN3O. The zero-order valence-electron chi connectivity index (χ0n) is 13.3. The van der Waals surface area contributed by atoms with E-state index >= 15 is 0 Å². The minimum absolute atomic E-state index is 0.637. The van der Waals surface area contributed by atoms with Gasteiger partial charge in [0.1, 0.15) is 12.1 Å². The molecule has 4 nitrogen and oxygen atoms in total. The molecular weight excluding hydrogens is 330 g/mol. The smallest absolute Gasteiger partial charge is 0.164 e. The molecule has 5 heteroatoms. The molecule has 1 atom stereocenters. The number of hydrogen-bond acceptors (Lipinski definition) is 3. The molecule has 0 radical (unpaired) electrons. The van der Waals surface area contributed by atoms with Gasteiger partial charge in [0.25, 0.3) is 0 Å². The number of halogens is 1. The van der Waals surface area contributed by atoms with E-state index in [1.807, 2.05) is 16.7 Å². The monoisotopic (exact) mass is 353 g/mol. The Kier molecular flexibility index (Phi) is 5.25. The molecule has 1 aliphatic carbocycles. The molecule has 0 spiro atoms.